The van der Waals surface area contributed by atoms with Crippen LogP contribution in [0.15, 0.2) is 121 Å². The first-order valence-electron chi connectivity index (χ1n) is 13.2. The zero-order chi connectivity index (χ0) is 24.8. The molecule has 4 aromatic carbocycles. The Morgan fingerprint density at radius 3 is 1.44 bits per heavy atom. The van der Waals surface area contributed by atoms with E-state index in [9.17, 15) is 0 Å². The van der Waals surface area contributed by atoms with E-state index in [4.69, 9.17) is 6.66 Å². The number of hydrogen-bond donors (Lipinski definition) is 0. The molecule has 1 heterocycles. The third kappa shape index (κ3) is 5.08. The van der Waals surface area contributed by atoms with Crippen molar-refractivity contribution in [2.24, 2.45) is 0 Å². The van der Waals surface area contributed by atoms with Gasteiger partial charge in [-0.3, -0.25) is 0 Å². The first-order chi connectivity index (χ1) is 17.7. The minimum Gasteiger partial charge on any atom is -0.179 e. The molecule has 1 nitrogen and oxygen atoms in total. The molecule has 1 aliphatic rings. The van der Waals surface area contributed by atoms with E-state index >= 15 is 0 Å². The van der Waals surface area contributed by atoms with E-state index in [2.05, 4.69) is 133 Å². The molecular formula is C33H37NP2. The van der Waals surface area contributed by atoms with Crippen molar-refractivity contribution in [3.8, 4) is 0 Å². The number of hydrogen-bond acceptors (Lipinski definition) is 1. The quantitative estimate of drug-likeness (QED) is 0.161. The van der Waals surface area contributed by atoms with Gasteiger partial charge < -0.3 is 0 Å². The van der Waals surface area contributed by atoms with Crippen molar-refractivity contribution >= 4 is 26.1 Å². The van der Waals surface area contributed by atoms with Gasteiger partial charge in [-0.1, -0.05) is 135 Å². The van der Waals surface area contributed by atoms with Crippen LogP contribution in [0.3, 0.4) is 0 Å². The Balaban J connectivity index is 1.71. The molecule has 1 fully saturated rings. The van der Waals surface area contributed by atoms with Gasteiger partial charge in [-0.25, -0.2) is 0 Å². The Hall–Kier alpha value is -2.30. The maximum absolute atomic E-state index is 5.36. The Labute approximate surface area is 219 Å². The average Bonchev–Trinajstić information content (AvgIpc) is 3.30. The summed E-state index contributed by atoms with van der Waals surface area (Å²) in [6.07, 6.45) is 4.79. The van der Waals surface area contributed by atoms with E-state index in [-0.39, 0.29) is 0 Å². The third-order valence-corrected chi connectivity index (χ3v) is 15.6. The molecule has 1 unspecified atom stereocenters. The summed E-state index contributed by atoms with van der Waals surface area (Å²) in [5.74, 6) is 0. The summed E-state index contributed by atoms with van der Waals surface area (Å²) < 4.78 is 2.96. The summed E-state index contributed by atoms with van der Waals surface area (Å²) in [5.41, 5.74) is 3.91. The monoisotopic (exact) mass is 509 g/mol. The van der Waals surface area contributed by atoms with Gasteiger partial charge >= 0.3 is 0 Å². The lowest BCUT2D eigenvalue weighted by atomic mass is 10.0. The smallest absolute Gasteiger partial charge is 0.0845 e. The Morgan fingerprint density at radius 1 is 0.667 bits per heavy atom. The van der Waals surface area contributed by atoms with Crippen LogP contribution >= 0.6 is 15.5 Å². The molecule has 5 rings (SSSR count). The highest BCUT2D eigenvalue weighted by Crippen LogP contribution is 2.88. The van der Waals surface area contributed by atoms with Gasteiger partial charge in [0.1, 0.15) is 0 Å². The highest BCUT2D eigenvalue weighted by Gasteiger charge is 2.55. The van der Waals surface area contributed by atoms with E-state index in [1.165, 1.54) is 47.4 Å². The van der Waals surface area contributed by atoms with Gasteiger partial charge in [0.2, 0.25) is 0 Å². The second-order valence-corrected chi connectivity index (χ2v) is 15.7. The molecule has 184 valence electrons. The predicted molar refractivity (Wildman–Crippen MR) is 161 cm³/mol. The van der Waals surface area contributed by atoms with Gasteiger partial charge in [0.25, 0.3) is 0 Å². The first kappa shape index (κ1) is 25.4. The summed E-state index contributed by atoms with van der Waals surface area (Å²) in [7, 11) is -2.60. The molecule has 0 radical (unpaired) electrons. The maximum atomic E-state index is 5.36. The fourth-order valence-electron chi connectivity index (χ4n) is 5.81. The summed E-state index contributed by atoms with van der Waals surface area (Å²) in [4.78, 5) is 0. The Morgan fingerprint density at radius 2 is 1.06 bits per heavy atom. The number of unbranched alkanes of at least 4 members (excludes halogenated alkanes) is 1. The number of benzene rings is 4. The van der Waals surface area contributed by atoms with E-state index in [1.807, 2.05) is 0 Å². The zero-order valence-corrected chi connectivity index (χ0v) is 23.1. The average molecular weight is 510 g/mol. The van der Waals surface area contributed by atoms with Crippen LogP contribution in [-0.4, -0.2) is 11.0 Å². The van der Waals surface area contributed by atoms with Crippen LogP contribution in [0.25, 0.3) is 0 Å². The van der Waals surface area contributed by atoms with E-state index < -0.39 is 15.5 Å². The van der Waals surface area contributed by atoms with Crippen molar-refractivity contribution in [3.05, 3.63) is 139 Å². The fraction of sp³-hybridized carbons (Fsp3) is 0.242. The van der Waals surface area contributed by atoms with Crippen LogP contribution < -0.4 is 10.6 Å². The third-order valence-electron chi connectivity index (χ3n) is 7.54. The van der Waals surface area contributed by atoms with Crippen LogP contribution in [0.4, 0.5) is 0 Å². The van der Waals surface area contributed by atoms with Crippen molar-refractivity contribution in [2.45, 2.75) is 43.9 Å². The first-order valence-corrected chi connectivity index (χ1v) is 16.6. The molecular weight excluding hydrogens is 472 g/mol. The lowest BCUT2D eigenvalue weighted by Gasteiger charge is -2.49. The molecule has 4 aromatic rings. The molecule has 1 saturated heterocycles. The van der Waals surface area contributed by atoms with Gasteiger partial charge in [-0.15, -0.1) is 0 Å². The molecule has 0 aromatic heterocycles. The Bertz CT molecular complexity index is 1110. The van der Waals surface area contributed by atoms with E-state index in [0.29, 0.717) is 11.3 Å². The molecule has 3 heteroatoms. The SMILES string of the molecule is [CH2-][P+]1(N(CCCC)P(c2ccccc2)c2ccccc2)[C@@H](c2ccccc2)CC[C@H]1c1ccccc1. The minimum atomic E-state index is -1.90. The van der Waals surface area contributed by atoms with Crippen LogP contribution in [0.1, 0.15) is 55.1 Å². The highest BCUT2D eigenvalue weighted by molar-refractivity contribution is 7.87. The standard InChI is InChI=1S/C33H37NP2/c1-3-4-27-34(35(30-21-13-7-14-22-30)31-23-15-8-16-24-31)36(2)32(28-17-9-5-10-18-28)25-26-33(36)29-19-11-6-12-20-29/h5-24,32-33H,2-4,25-27H2,1H3/t32-,33+,36?. The molecule has 0 bridgehead atoms. The predicted octanol–water partition coefficient (Wildman–Crippen LogP) is 9.14. The molecule has 0 saturated carbocycles. The van der Waals surface area contributed by atoms with Crippen LogP contribution in [0, 0.1) is 6.66 Å². The highest BCUT2D eigenvalue weighted by atomic mass is 31.2. The normalized spacial score (nSPS) is 21.8. The second kappa shape index (κ2) is 11.8. The van der Waals surface area contributed by atoms with Crippen molar-refractivity contribution in [3.63, 3.8) is 0 Å². The van der Waals surface area contributed by atoms with Gasteiger partial charge in [-0.2, -0.15) is 11.1 Å². The largest absolute Gasteiger partial charge is 0.179 e. The van der Waals surface area contributed by atoms with Crippen molar-refractivity contribution in [1.82, 2.24) is 4.44 Å². The molecule has 0 aliphatic carbocycles. The molecule has 3 atom stereocenters. The van der Waals surface area contributed by atoms with Gasteiger partial charge in [-0.05, 0) is 48.4 Å². The fourth-order valence-corrected chi connectivity index (χ4v) is 14.8. The minimum absolute atomic E-state index is 0.484. The van der Waals surface area contributed by atoms with Gasteiger partial charge in [0, 0.05) is 6.54 Å². The van der Waals surface area contributed by atoms with Gasteiger partial charge in [0.05, 0.1) is 19.4 Å². The molecule has 36 heavy (non-hydrogen) atoms. The lowest BCUT2D eigenvalue weighted by molar-refractivity contribution is 0.625. The van der Waals surface area contributed by atoms with E-state index in [0.717, 1.165) is 6.54 Å². The topological polar surface area (TPSA) is 3.24 Å². The Kier molecular flexibility index (Phi) is 8.33. The molecule has 0 spiro atoms. The summed E-state index contributed by atoms with van der Waals surface area (Å²) in [6, 6.07) is 45.0. The zero-order valence-electron chi connectivity index (χ0n) is 21.3. The number of rotatable bonds is 9. The number of nitrogens with zero attached hydrogens (tertiary/aromatic N) is 1. The van der Waals surface area contributed by atoms with Crippen LogP contribution in [-0.2, 0) is 0 Å². The molecule has 0 amide bonds. The summed E-state index contributed by atoms with van der Waals surface area (Å²) in [5, 5.41) is 2.87. The lowest BCUT2D eigenvalue weighted by Crippen LogP contribution is -2.31. The van der Waals surface area contributed by atoms with Crippen LogP contribution in [0.2, 0.25) is 0 Å². The summed E-state index contributed by atoms with van der Waals surface area (Å²) >= 11 is 0. The van der Waals surface area contributed by atoms with E-state index in [1.54, 1.807) is 0 Å². The van der Waals surface area contributed by atoms with Crippen LogP contribution in [0.5, 0.6) is 0 Å². The maximum Gasteiger partial charge on any atom is 0.0845 e. The van der Waals surface area contributed by atoms with Gasteiger partial charge in [0.15, 0.2) is 0 Å². The second-order valence-electron chi connectivity index (χ2n) is 9.75. The summed E-state index contributed by atoms with van der Waals surface area (Å²) in [6.45, 7) is 8.77. The molecule has 1 aliphatic heterocycles. The van der Waals surface area contributed by atoms with Crippen molar-refractivity contribution < 1.29 is 0 Å². The van der Waals surface area contributed by atoms with Crippen molar-refractivity contribution in [2.75, 3.05) is 6.54 Å². The van der Waals surface area contributed by atoms with Crippen molar-refractivity contribution in [1.29, 1.82) is 0 Å². The molecule has 0 N–H and O–H groups in total.